The Hall–Kier alpha value is -1.66. The average Bonchev–Trinajstić information content (AvgIpc) is 3.03. The van der Waals surface area contributed by atoms with Gasteiger partial charge in [-0.15, -0.1) is 0 Å². The third-order valence-electron chi connectivity index (χ3n) is 4.06. The molecule has 0 bridgehead atoms. The Morgan fingerprint density at radius 2 is 2.00 bits per heavy atom. The zero-order valence-electron chi connectivity index (χ0n) is 12.1. The lowest BCUT2D eigenvalue weighted by Crippen LogP contribution is -2.41. The van der Waals surface area contributed by atoms with Crippen molar-refractivity contribution in [3.05, 3.63) is 36.0 Å². The van der Waals surface area contributed by atoms with Crippen LogP contribution in [0.2, 0.25) is 0 Å². The van der Waals surface area contributed by atoms with Crippen LogP contribution < -0.4 is 0 Å². The minimum atomic E-state index is -3.35. The molecule has 1 aromatic carbocycles. The van der Waals surface area contributed by atoms with Crippen molar-refractivity contribution in [3.8, 4) is 0 Å². The van der Waals surface area contributed by atoms with E-state index in [1.807, 2.05) is 31.2 Å². The molecule has 112 valence electrons. The van der Waals surface area contributed by atoms with Crippen LogP contribution in [0.5, 0.6) is 0 Å². The van der Waals surface area contributed by atoms with E-state index in [0.717, 1.165) is 29.1 Å². The quantitative estimate of drug-likeness (QED) is 0.853. The molecule has 0 saturated carbocycles. The van der Waals surface area contributed by atoms with E-state index >= 15 is 0 Å². The van der Waals surface area contributed by atoms with Crippen LogP contribution in [0.4, 0.5) is 0 Å². The van der Waals surface area contributed by atoms with Crippen LogP contribution >= 0.6 is 0 Å². The second-order valence-corrected chi connectivity index (χ2v) is 7.50. The predicted molar refractivity (Wildman–Crippen MR) is 81.9 cm³/mol. The predicted octanol–water partition coefficient (Wildman–Crippen LogP) is 2.01. The summed E-state index contributed by atoms with van der Waals surface area (Å²) < 4.78 is 26.5. The first-order valence-corrected chi connectivity index (χ1v) is 8.82. The molecule has 1 aromatic heterocycles. The number of aromatic nitrogens is 1. The fraction of sp³-hybridized carbons (Fsp3) is 0.400. The van der Waals surface area contributed by atoms with Gasteiger partial charge in [-0.05, 0) is 31.4 Å². The van der Waals surface area contributed by atoms with E-state index in [1.165, 1.54) is 4.31 Å². The molecule has 1 aliphatic heterocycles. The minimum absolute atomic E-state index is 0.165. The summed E-state index contributed by atoms with van der Waals surface area (Å²) in [4.78, 5) is 12.8. The van der Waals surface area contributed by atoms with Crippen LogP contribution in [0.25, 0.3) is 10.9 Å². The van der Waals surface area contributed by atoms with Crippen LogP contribution in [-0.2, 0) is 10.0 Å². The third kappa shape index (κ3) is 2.38. The molecule has 1 fully saturated rings. The van der Waals surface area contributed by atoms with Gasteiger partial charge in [0.1, 0.15) is 6.04 Å². The molecular formula is C15H18N2O3S. The summed E-state index contributed by atoms with van der Waals surface area (Å²) in [5.74, 6) is -0.165. The monoisotopic (exact) mass is 306 g/mol. The molecule has 3 rings (SSSR count). The number of hydrogen-bond acceptors (Lipinski definition) is 3. The van der Waals surface area contributed by atoms with Crippen molar-refractivity contribution in [1.29, 1.82) is 0 Å². The van der Waals surface area contributed by atoms with Crippen molar-refractivity contribution in [2.75, 3.05) is 12.8 Å². The minimum Gasteiger partial charge on any atom is -0.286 e. The van der Waals surface area contributed by atoms with E-state index < -0.39 is 16.1 Å². The topological polar surface area (TPSA) is 59.4 Å². The lowest BCUT2D eigenvalue weighted by molar-refractivity contribution is 0.0839. The van der Waals surface area contributed by atoms with Gasteiger partial charge in [-0.25, -0.2) is 8.42 Å². The van der Waals surface area contributed by atoms with Crippen molar-refractivity contribution in [1.82, 2.24) is 8.87 Å². The maximum absolute atomic E-state index is 12.8. The molecule has 0 unspecified atom stereocenters. The standard InChI is InChI=1S/C15H18N2O3S/c1-11-10-16(13-7-4-3-6-12(11)13)15(18)14-8-5-9-17(14)21(2,19)20/h3-4,6-7,10,14H,5,8-9H2,1-2H3/t14-/m0/s1. The highest BCUT2D eigenvalue weighted by molar-refractivity contribution is 7.88. The molecule has 1 saturated heterocycles. The SMILES string of the molecule is Cc1cn(C(=O)[C@@H]2CCCN2S(C)(=O)=O)c2ccccc12. The molecular weight excluding hydrogens is 288 g/mol. The molecule has 2 heterocycles. The van der Waals surface area contributed by atoms with Crippen molar-refractivity contribution < 1.29 is 13.2 Å². The zero-order chi connectivity index (χ0) is 15.2. The second-order valence-electron chi connectivity index (χ2n) is 5.57. The Balaban J connectivity index is 2.05. The van der Waals surface area contributed by atoms with Crippen LogP contribution in [0.15, 0.2) is 30.5 Å². The van der Waals surface area contributed by atoms with Gasteiger partial charge in [0.2, 0.25) is 15.9 Å². The van der Waals surface area contributed by atoms with Crippen molar-refractivity contribution in [3.63, 3.8) is 0 Å². The van der Waals surface area contributed by atoms with Gasteiger partial charge in [-0.3, -0.25) is 9.36 Å². The molecule has 0 radical (unpaired) electrons. The van der Waals surface area contributed by atoms with Crippen LogP contribution in [-0.4, -0.2) is 42.0 Å². The van der Waals surface area contributed by atoms with E-state index in [1.54, 1.807) is 10.8 Å². The highest BCUT2D eigenvalue weighted by Gasteiger charge is 2.37. The number of sulfonamides is 1. The molecule has 6 heteroatoms. The summed E-state index contributed by atoms with van der Waals surface area (Å²) in [6, 6.07) is 7.09. The first-order valence-electron chi connectivity index (χ1n) is 6.97. The van der Waals surface area contributed by atoms with Gasteiger partial charge in [-0.1, -0.05) is 18.2 Å². The molecule has 5 nitrogen and oxygen atoms in total. The van der Waals surface area contributed by atoms with Crippen molar-refractivity contribution in [2.45, 2.75) is 25.8 Å². The Morgan fingerprint density at radius 1 is 1.29 bits per heavy atom. The number of para-hydroxylation sites is 1. The Labute approximate surface area is 124 Å². The van der Waals surface area contributed by atoms with Gasteiger partial charge >= 0.3 is 0 Å². The third-order valence-corrected chi connectivity index (χ3v) is 5.35. The Bertz CT molecular complexity index is 807. The molecule has 1 atom stereocenters. The smallest absolute Gasteiger partial charge is 0.249 e. The van der Waals surface area contributed by atoms with E-state index in [-0.39, 0.29) is 5.91 Å². The summed E-state index contributed by atoms with van der Waals surface area (Å²) in [5, 5.41) is 1.02. The Morgan fingerprint density at radius 3 is 2.71 bits per heavy atom. The highest BCUT2D eigenvalue weighted by Crippen LogP contribution is 2.26. The first kappa shape index (κ1) is 14.3. The fourth-order valence-corrected chi connectivity index (χ4v) is 4.20. The first-order chi connectivity index (χ1) is 9.89. The average molecular weight is 306 g/mol. The number of rotatable bonds is 2. The maximum Gasteiger partial charge on any atom is 0.249 e. The van der Waals surface area contributed by atoms with Crippen molar-refractivity contribution in [2.24, 2.45) is 0 Å². The lowest BCUT2D eigenvalue weighted by atomic mass is 10.2. The number of carbonyl (C=O) groups is 1. The molecule has 0 aliphatic carbocycles. The molecule has 21 heavy (non-hydrogen) atoms. The van der Waals surface area contributed by atoms with E-state index in [4.69, 9.17) is 0 Å². The number of nitrogens with zero attached hydrogens (tertiary/aromatic N) is 2. The van der Waals surface area contributed by atoms with Crippen LogP contribution in [0.3, 0.4) is 0 Å². The second kappa shape index (κ2) is 4.96. The van der Waals surface area contributed by atoms with Gasteiger partial charge in [0.25, 0.3) is 0 Å². The number of fused-ring (bicyclic) bond motifs is 1. The van der Waals surface area contributed by atoms with E-state index in [0.29, 0.717) is 13.0 Å². The van der Waals surface area contributed by atoms with Gasteiger partial charge in [0.15, 0.2) is 0 Å². The van der Waals surface area contributed by atoms with Crippen molar-refractivity contribution >= 4 is 26.8 Å². The van der Waals surface area contributed by atoms with Gasteiger partial charge < -0.3 is 0 Å². The normalized spacial score (nSPS) is 20.2. The van der Waals surface area contributed by atoms with Crippen LogP contribution in [0.1, 0.15) is 23.2 Å². The van der Waals surface area contributed by atoms with E-state index in [9.17, 15) is 13.2 Å². The summed E-state index contributed by atoms with van der Waals surface area (Å²) >= 11 is 0. The van der Waals surface area contributed by atoms with Gasteiger partial charge in [0.05, 0.1) is 11.8 Å². The number of benzene rings is 1. The molecule has 0 spiro atoms. The Kier molecular flexibility index (Phi) is 3.37. The maximum atomic E-state index is 12.8. The van der Waals surface area contributed by atoms with E-state index in [2.05, 4.69) is 0 Å². The molecule has 1 aliphatic rings. The number of hydrogen-bond donors (Lipinski definition) is 0. The molecule has 0 N–H and O–H groups in total. The summed E-state index contributed by atoms with van der Waals surface area (Å²) in [6.45, 7) is 2.38. The summed E-state index contributed by atoms with van der Waals surface area (Å²) in [5.41, 5.74) is 1.85. The van der Waals surface area contributed by atoms with Gasteiger partial charge in [-0.2, -0.15) is 4.31 Å². The largest absolute Gasteiger partial charge is 0.286 e. The van der Waals surface area contributed by atoms with Gasteiger partial charge in [0, 0.05) is 18.1 Å². The van der Waals surface area contributed by atoms with Crippen LogP contribution in [0, 0.1) is 6.92 Å². The number of aryl methyl sites for hydroxylation is 1. The summed E-state index contributed by atoms with van der Waals surface area (Å²) in [6.07, 6.45) is 4.27. The molecule has 0 amide bonds. The number of carbonyl (C=O) groups excluding carboxylic acids is 1. The molecule has 2 aromatic rings. The lowest BCUT2D eigenvalue weighted by Gasteiger charge is -2.21. The summed E-state index contributed by atoms with van der Waals surface area (Å²) in [7, 11) is -3.35. The fourth-order valence-electron chi connectivity index (χ4n) is 3.08. The highest BCUT2D eigenvalue weighted by atomic mass is 32.2. The zero-order valence-corrected chi connectivity index (χ0v) is 12.9.